The molecular weight excluding hydrogens is 362 g/mol. The molecule has 1 aromatic carbocycles. The minimum Gasteiger partial charge on any atom is -0.369 e. The van der Waals surface area contributed by atoms with Gasteiger partial charge in [0.1, 0.15) is 5.82 Å². The summed E-state index contributed by atoms with van der Waals surface area (Å²) >= 11 is 0. The number of pyridine rings is 1. The van der Waals surface area contributed by atoms with E-state index in [1.54, 1.807) is 6.20 Å². The SMILES string of the molecule is Cc1cc(Nc2ccc(N3CCN(C)CC3)cc2)nc(NCc2cccnc2)n1. The van der Waals surface area contributed by atoms with Gasteiger partial charge in [0.05, 0.1) is 0 Å². The predicted octanol–water partition coefficient (Wildman–Crippen LogP) is 3.29. The van der Waals surface area contributed by atoms with Crippen LogP contribution in [0.5, 0.6) is 0 Å². The zero-order chi connectivity index (χ0) is 20.1. The Kier molecular flexibility index (Phi) is 5.86. The van der Waals surface area contributed by atoms with Crippen LogP contribution < -0.4 is 15.5 Å². The van der Waals surface area contributed by atoms with Crippen molar-refractivity contribution < 1.29 is 0 Å². The molecule has 7 heteroatoms. The van der Waals surface area contributed by atoms with Crippen LogP contribution in [0, 0.1) is 6.92 Å². The van der Waals surface area contributed by atoms with Gasteiger partial charge in [-0.3, -0.25) is 4.98 Å². The van der Waals surface area contributed by atoms with Crippen LogP contribution in [0.3, 0.4) is 0 Å². The molecule has 4 rings (SSSR count). The van der Waals surface area contributed by atoms with E-state index < -0.39 is 0 Å². The minimum atomic E-state index is 0.602. The fourth-order valence-corrected chi connectivity index (χ4v) is 3.36. The molecule has 3 heterocycles. The summed E-state index contributed by atoms with van der Waals surface area (Å²) in [6.07, 6.45) is 3.60. The molecule has 0 radical (unpaired) electrons. The van der Waals surface area contributed by atoms with Gasteiger partial charge in [0.15, 0.2) is 0 Å². The van der Waals surface area contributed by atoms with Gasteiger partial charge >= 0.3 is 0 Å². The highest BCUT2D eigenvalue weighted by molar-refractivity contribution is 5.61. The molecule has 7 nitrogen and oxygen atoms in total. The fraction of sp³-hybridized carbons (Fsp3) is 0.318. The summed E-state index contributed by atoms with van der Waals surface area (Å²) in [5.74, 6) is 1.38. The van der Waals surface area contributed by atoms with Crippen LogP contribution in [0.15, 0.2) is 54.9 Å². The Bertz CT molecular complexity index is 920. The molecule has 2 N–H and O–H groups in total. The quantitative estimate of drug-likeness (QED) is 0.670. The van der Waals surface area contributed by atoms with Gasteiger partial charge in [0.2, 0.25) is 5.95 Å². The maximum Gasteiger partial charge on any atom is 0.225 e. The van der Waals surface area contributed by atoms with E-state index in [-0.39, 0.29) is 0 Å². The molecule has 1 fully saturated rings. The smallest absolute Gasteiger partial charge is 0.225 e. The Morgan fingerprint density at radius 3 is 2.52 bits per heavy atom. The van der Waals surface area contributed by atoms with E-state index in [0.717, 1.165) is 48.9 Å². The number of aryl methyl sites for hydroxylation is 1. The first-order chi connectivity index (χ1) is 14.2. The van der Waals surface area contributed by atoms with Crippen molar-refractivity contribution in [3.63, 3.8) is 0 Å². The molecule has 0 aliphatic carbocycles. The summed E-state index contributed by atoms with van der Waals surface area (Å²) in [5, 5.41) is 6.66. The van der Waals surface area contributed by atoms with E-state index in [4.69, 9.17) is 0 Å². The van der Waals surface area contributed by atoms with E-state index in [1.807, 2.05) is 31.3 Å². The van der Waals surface area contributed by atoms with Crippen LogP contribution in [0.4, 0.5) is 23.1 Å². The summed E-state index contributed by atoms with van der Waals surface area (Å²) in [4.78, 5) is 18.0. The molecule has 0 atom stereocenters. The summed E-state index contributed by atoms with van der Waals surface area (Å²) < 4.78 is 0. The van der Waals surface area contributed by atoms with Crippen molar-refractivity contribution in [2.24, 2.45) is 0 Å². The Morgan fingerprint density at radius 1 is 1.00 bits per heavy atom. The standard InChI is InChI=1S/C22H27N7/c1-17-14-21(27-22(25-17)24-16-18-4-3-9-23-15-18)26-19-5-7-20(8-6-19)29-12-10-28(2)11-13-29/h3-9,14-15H,10-13,16H2,1-2H3,(H2,24,25,26,27). The number of piperazine rings is 1. The highest BCUT2D eigenvalue weighted by atomic mass is 15.2. The molecule has 29 heavy (non-hydrogen) atoms. The number of likely N-dealkylation sites (N-methyl/N-ethyl adjacent to an activating group) is 1. The van der Waals surface area contributed by atoms with Crippen molar-refractivity contribution in [3.8, 4) is 0 Å². The number of nitrogens with zero attached hydrogens (tertiary/aromatic N) is 5. The number of hydrogen-bond acceptors (Lipinski definition) is 7. The highest BCUT2D eigenvalue weighted by Gasteiger charge is 2.14. The average Bonchev–Trinajstić information content (AvgIpc) is 2.74. The zero-order valence-corrected chi connectivity index (χ0v) is 17.0. The lowest BCUT2D eigenvalue weighted by Gasteiger charge is -2.34. The number of nitrogens with one attached hydrogen (secondary N) is 2. The van der Waals surface area contributed by atoms with Gasteiger partial charge in [-0.15, -0.1) is 0 Å². The third-order valence-corrected chi connectivity index (χ3v) is 5.04. The van der Waals surface area contributed by atoms with E-state index in [2.05, 4.69) is 66.7 Å². The van der Waals surface area contributed by atoms with Gasteiger partial charge in [0.25, 0.3) is 0 Å². The van der Waals surface area contributed by atoms with E-state index in [9.17, 15) is 0 Å². The monoisotopic (exact) mass is 389 g/mol. The molecule has 3 aromatic rings. The lowest BCUT2D eigenvalue weighted by atomic mass is 10.2. The second-order valence-corrected chi connectivity index (χ2v) is 7.40. The molecule has 0 unspecified atom stereocenters. The number of benzene rings is 1. The van der Waals surface area contributed by atoms with Crippen LogP contribution in [0.1, 0.15) is 11.3 Å². The molecule has 1 aliphatic heterocycles. The Morgan fingerprint density at radius 2 is 1.79 bits per heavy atom. The van der Waals surface area contributed by atoms with Crippen molar-refractivity contribution >= 4 is 23.1 Å². The maximum atomic E-state index is 4.59. The van der Waals surface area contributed by atoms with Crippen LogP contribution in [-0.2, 0) is 6.54 Å². The molecule has 0 saturated carbocycles. The molecule has 1 aliphatic rings. The average molecular weight is 390 g/mol. The van der Waals surface area contributed by atoms with Crippen LogP contribution in [0.25, 0.3) is 0 Å². The van der Waals surface area contributed by atoms with Gasteiger partial charge in [-0.25, -0.2) is 4.98 Å². The maximum absolute atomic E-state index is 4.59. The number of aromatic nitrogens is 3. The molecule has 150 valence electrons. The summed E-state index contributed by atoms with van der Waals surface area (Å²) in [7, 11) is 2.17. The Labute approximate surface area is 171 Å². The van der Waals surface area contributed by atoms with Crippen molar-refractivity contribution in [3.05, 3.63) is 66.1 Å². The molecule has 1 saturated heterocycles. The fourth-order valence-electron chi connectivity index (χ4n) is 3.36. The largest absolute Gasteiger partial charge is 0.369 e. The second-order valence-electron chi connectivity index (χ2n) is 7.40. The summed E-state index contributed by atoms with van der Waals surface area (Å²) in [6.45, 7) is 6.96. The predicted molar refractivity (Wildman–Crippen MR) is 118 cm³/mol. The first-order valence-corrected chi connectivity index (χ1v) is 9.95. The van der Waals surface area contributed by atoms with E-state index >= 15 is 0 Å². The summed E-state index contributed by atoms with van der Waals surface area (Å²) in [5.41, 5.74) is 4.28. The lowest BCUT2D eigenvalue weighted by molar-refractivity contribution is 0.313. The van der Waals surface area contributed by atoms with E-state index in [1.165, 1.54) is 5.69 Å². The highest BCUT2D eigenvalue weighted by Crippen LogP contribution is 2.22. The minimum absolute atomic E-state index is 0.602. The van der Waals surface area contributed by atoms with Gasteiger partial charge in [0, 0.05) is 68.3 Å². The first-order valence-electron chi connectivity index (χ1n) is 9.95. The van der Waals surface area contributed by atoms with Crippen molar-refractivity contribution in [2.75, 3.05) is 48.8 Å². The molecule has 0 bridgehead atoms. The van der Waals surface area contributed by atoms with Gasteiger partial charge in [-0.2, -0.15) is 4.98 Å². The molecule has 2 aromatic heterocycles. The van der Waals surface area contributed by atoms with Crippen LogP contribution >= 0.6 is 0 Å². The molecular formula is C22H27N7. The zero-order valence-electron chi connectivity index (χ0n) is 17.0. The third-order valence-electron chi connectivity index (χ3n) is 5.04. The summed E-state index contributed by atoms with van der Waals surface area (Å²) in [6, 6.07) is 14.4. The third kappa shape index (κ3) is 5.20. The van der Waals surface area contributed by atoms with Gasteiger partial charge in [-0.1, -0.05) is 6.07 Å². The Balaban J connectivity index is 1.40. The van der Waals surface area contributed by atoms with E-state index in [0.29, 0.717) is 12.5 Å². The molecule has 0 spiro atoms. The lowest BCUT2D eigenvalue weighted by Crippen LogP contribution is -2.44. The van der Waals surface area contributed by atoms with Crippen molar-refractivity contribution in [1.29, 1.82) is 0 Å². The normalized spacial score (nSPS) is 14.6. The second kappa shape index (κ2) is 8.87. The number of hydrogen-bond donors (Lipinski definition) is 2. The topological polar surface area (TPSA) is 69.2 Å². The van der Waals surface area contributed by atoms with Crippen LogP contribution in [0.2, 0.25) is 0 Å². The number of rotatable bonds is 6. The van der Waals surface area contributed by atoms with Gasteiger partial charge < -0.3 is 20.4 Å². The van der Waals surface area contributed by atoms with Crippen molar-refractivity contribution in [2.45, 2.75) is 13.5 Å². The Hall–Kier alpha value is -3.19. The van der Waals surface area contributed by atoms with Crippen LogP contribution in [-0.4, -0.2) is 53.1 Å². The first kappa shape index (κ1) is 19.1. The number of anilines is 4. The van der Waals surface area contributed by atoms with Gasteiger partial charge in [-0.05, 0) is 49.9 Å². The van der Waals surface area contributed by atoms with Crippen molar-refractivity contribution in [1.82, 2.24) is 19.9 Å². The molecule has 0 amide bonds.